The topological polar surface area (TPSA) is 183 Å². The molecular formula is C39H53N9O8. The van der Waals surface area contributed by atoms with Crippen molar-refractivity contribution in [3.63, 3.8) is 0 Å². The molecule has 4 aromatic rings. The molecule has 0 spiro atoms. The average Bonchev–Trinajstić information content (AvgIpc) is 3.51. The van der Waals surface area contributed by atoms with Crippen molar-refractivity contribution in [2.75, 3.05) is 34.8 Å². The summed E-state index contributed by atoms with van der Waals surface area (Å²) in [5.74, 6) is -0.0714. The number of hydrogen-bond donors (Lipinski definition) is 1. The number of amides is 4. The Labute approximate surface area is 327 Å². The minimum atomic E-state index is -1.01. The molecule has 0 bridgehead atoms. The van der Waals surface area contributed by atoms with E-state index in [0.29, 0.717) is 29.3 Å². The summed E-state index contributed by atoms with van der Waals surface area (Å²) in [5.41, 5.74) is -1.44. The molecule has 0 fully saturated rings. The number of ether oxygens (including phenoxy) is 4. The highest BCUT2D eigenvalue weighted by Gasteiger charge is 2.35. The van der Waals surface area contributed by atoms with Crippen LogP contribution in [0.15, 0.2) is 55.2 Å². The number of imidazole rings is 1. The number of anilines is 4. The zero-order valence-electron chi connectivity index (χ0n) is 34.5. The highest BCUT2D eigenvalue weighted by molar-refractivity contribution is 6.08. The zero-order valence-corrected chi connectivity index (χ0v) is 34.5. The molecule has 56 heavy (non-hydrogen) atoms. The summed E-state index contributed by atoms with van der Waals surface area (Å²) in [7, 11) is 1.87. The Morgan fingerprint density at radius 3 is 1.79 bits per heavy atom. The van der Waals surface area contributed by atoms with Gasteiger partial charge in [-0.25, -0.2) is 39.0 Å². The highest BCUT2D eigenvalue weighted by Crippen LogP contribution is 2.33. The lowest BCUT2D eigenvalue weighted by molar-refractivity contribution is 0.0425. The molecule has 4 rings (SSSR count). The summed E-state index contributed by atoms with van der Waals surface area (Å²) in [6, 6.07) is 7.13. The van der Waals surface area contributed by atoms with Gasteiger partial charge in [-0.05, 0) is 107 Å². The normalized spacial score (nSPS) is 12.1. The Kier molecular flexibility index (Phi) is 12.5. The summed E-state index contributed by atoms with van der Waals surface area (Å²) in [4.78, 5) is 75.0. The second-order valence-corrected chi connectivity index (χ2v) is 16.8. The molecule has 0 unspecified atom stereocenters. The number of rotatable bonds is 8. The van der Waals surface area contributed by atoms with Crippen molar-refractivity contribution in [3.8, 4) is 11.4 Å². The Bertz CT molecular complexity index is 2010. The number of aromatic nitrogens is 5. The van der Waals surface area contributed by atoms with Gasteiger partial charge in [-0.3, -0.25) is 4.98 Å². The van der Waals surface area contributed by atoms with Gasteiger partial charge >= 0.3 is 24.4 Å². The van der Waals surface area contributed by atoms with E-state index in [4.69, 9.17) is 23.9 Å². The molecular weight excluding hydrogens is 722 g/mol. The molecule has 0 radical (unpaired) electrons. The van der Waals surface area contributed by atoms with E-state index in [-0.39, 0.29) is 23.0 Å². The summed E-state index contributed by atoms with van der Waals surface area (Å²) >= 11 is 0. The Morgan fingerprint density at radius 2 is 1.23 bits per heavy atom. The van der Waals surface area contributed by atoms with Crippen molar-refractivity contribution in [2.24, 2.45) is 0 Å². The maximum atomic E-state index is 14.0. The first-order chi connectivity index (χ1) is 25.8. The molecule has 17 heteroatoms. The van der Waals surface area contributed by atoms with Crippen LogP contribution in [0.25, 0.3) is 17.0 Å². The molecule has 1 N–H and O–H groups in total. The number of carbonyl (C=O) groups excluding carboxylic acids is 4. The molecule has 0 aliphatic heterocycles. The fourth-order valence-corrected chi connectivity index (χ4v) is 4.90. The molecule has 3 aromatic heterocycles. The third kappa shape index (κ3) is 12.0. The Balaban J connectivity index is 1.75. The number of hydrogen-bond acceptors (Lipinski definition) is 13. The van der Waals surface area contributed by atoms with E-state index in [9.17, 15) is 19.2 Å². The Hall–Kier alpha value is -6.00. The molecule has 0 saturated heterocycles. The molecule has 3 heterocycles. The zero-order chi connectivity index (χ0) is 41.8. The molecule has 0 aliphatic rings. The van der Waals surface area contributed by atoms with Crippen LogP contribution in [0, 0.1) is 0 Å². The maximum Gasteiger partial charge on any atom is 0.425 e. The van der Waals surface area contributed by atoms with Gasteiger partial charge in [0.25, 0.3) is 0 Å². The number of carbonyl (C=O) groups is 4. The van der Waals surface area contributed by atoms with E-state index in [1.54, 1.807) is 118 Å². The van der Waals surface area contributed by atoms with Crippen LogP contribution in [0.2, 0.25) is 0 Å². The minimum Gasteiger partial charge on any atom is -0.444 e. The molecule has 1 aromatic carbocycles. The van der Waals surface area contributed by atoms with Gasteiger partial charge in [0.1, 0.15) is 33.8 Å². The summed E-state index contributed by atoms with van der Waals surface area (Å²) in [6.07, 6.45) is 4.23. The van der Waals surface area contributed by atoms with Crippen molar-refractivity contribution in [1.82, 2.24) is 29.7 Å². The van der Waals surface area contributed by atoms with Crippen molar-refractivity contribution in [1.29, 1.82) is 0 Å². The minimum absolute atomic E-state index is 0.104. The fourth-order valence-electron chi connectivity index (χ4n) is 4.90. The summed E-state index contributed by atoms with van der Waals surface area (Å²) < 4.78 is 23.9. The first-order valence-corrected chi connectivity index (χ1v) is 18.0. The second kappa shape index (κ2) is 16.4. The first-order valence-electron chi connectivity index (χ1n) is 18.0. The van der Waals surface area contributed by atoms with Crippen molar-refractivity contribution < 1.29 is 38.1 Å². The van der Waals surface area contributed by atoms with Crippen molar-refractivity contribution >= 4 is 53.0 Å². The standard InChI is InChI=1S/C39H53N9O8/c1-36(2,3)53-32(49)42-18-20-45(13)25-14-16-26(17-15-25)47(33(50)54-37(4,5)6)31-30-41-19-21-46(30)24-28(44-31)27-22-40-23-29(43-27)48(34(51)55-38(7,8)9)35(52)56-39(10,11)12/h14-17,19,21-24H,18,20H2,1-13H3,(H,42,49). The van der Waals surface area contributed by atoms with Gasteiger partial charge in [0.15, 0.2) is 17.3 Å². The molecule has 0 aliphatic carbocycles. The van der Waals surface area contributed by atoms with Gasteiger partial charge < -0.3 is 33.6 Å². The van der Waals surface area contributed by atoms with Crippen LogP contribution in [0.5, 0.6) is 0 Å². The van der Waals surface area contributed by atoms with Crippen LogP contribution in [0.1, 0.15) is 83.1 Å². The van der Waals surface area contributed by atoms with Gasteiger partial charge in [-0.2, -0.15) is 4.90 Å². The highest BCUT2D eigenvalue weighted by atomic mass is 16.6. The lowest BCUT2D eigenvalue weighted by atomic mass is 10.2. The van der Waals surface area contributed by atoms with Crippen LogP contribution < -0.4 is 20.0 Å². The number of fused-ring (bicyclic) bond motifs is 1. The van der Waals surface area contributed by atoms with Crippen LogP contribution in [0.4, 0.5) is 42.2 Å². The number of imide groups is 1. The van der Waals surface area contributed by atoms with Gasteiger partial charge in [0.2, 0.25) is 0 Å². The Morgan fingerprint density at radius 1 is 0.696 bits per heavy atom. The SMILES string of the molecule is CN(CCNC(=O)OC(C)(C)C)c1ccc(N(C(=O)OC(C)(C)C)c2nc(-c3cncc(N(C(=O)OC(C)(C)C)C(=O)OC(C)(C)C)n3)cn3ccnc23)cc1. The lowest BCUT2D eigenvalue weighted by Gasteiger charge is -2.28. The molecule has 302 valence electrons. The van der Waals surface area contributed by atoms with E-state index >= 15 is 0 Å². The molecule has 0 atom stereocenters. The third-order valence-corrected chi connectivity index (χ3v) is 7.07. The van der Waals surface area contributed by atoms with E-state index < -0.39 is 46.8 Å². The van der Waals surface area contributed by atoms with E-state index in [2.05, 4.69) is 20.3 Å². The number of nitrogens with one attached hydrogen (secondary N) is 1. The van der Waals surface area contributed by atoms with Crippen molar-refractivity contribution in [2.45, 2.75) is 105 Å². The molecule has 0 saturated carbocycles. The maximum absolute atomic E-state index is 14.0. The first kappa shape index (κ1) is 42.7. The van der Waals surface area contributed by atoms with Gasteiger partial charge in [-0.15, -0.1) is 0 Å². The van der Waals surface area contributed by atoms with E-state index in [0.717, 1.165) is 5.69 Å². The predicted molar refractivity (Wildman–Crippen MR) is 211 cm³/mol. The predicted octanol–water partition coefficient (Wildman–Crippen LogP) is 7.90. The van der Waals surface area contributed by atoms with Crippen molar-refractivity contribution in [3.05, 3.63) is 55.2 Å². The van der Waals surface area contributed by atoms with E-state index in [1.165, 1.54) is 17.3 Å². The smallest absolute Gasteiger partial charge is 0.425 e. The van der Waals surface area contributed by atoms with Gasteiger partial charge in [-0.1, -0.05) is 0 Å². The van der Waals surface area contributed by atoms with Gasteiger partial charge in [0.05, 0.1) is 18.1 Å². The fraction of sp³-hybridized carbons (Fsp3) is 0.487. The number of benzene rings is 1. The van der Waals surface area contributed by atoms with Gasteiger partial charge in [0, 0.05) is 44.4 Å². The van der Waals surface area contributed by atoms with Crippen LogP contribution in [0.3, 0.4) is 0 Å². The van der Waals surface area contributed by atoms with E-state index in [1.807, 2.05) is 24.1 Å². The lowest BCUT2D eigenvalue weighted by Crippen LogP contribution is -2.44. The number of nitrogens with zero attached hydrogens (tertiary/aromatic N) is 8. The molecule has 17 nitrogen and oxygen atoms in total. The summed E-state index contributed by atoms with van der Waals surface area (Å²) in [5, 5.41) is 2.75. The largest absolute Gasteiger partial charge is 0.444 e. The molecule has 4 amide bonds. The monoisotopic (exact) mass is 775 g/mol. The van der Waals surface area contributed by atoms with Crippen LogP contribution in [-0.4, -0.2) is 91.3 Å². The number of alkyl carbamates (subject to hydrolysis) is 1. The van der Waals surface area contributed by atoms with Crippen LogP contribution >= 0.6 is 0 Å². The number of likely N-dealkylation sites (N-methyl/N-ethyl adjacent to an activating group) is 1. The average molecular weight is 776 g/mol. The second-order valence-electron chi connectivity index (χ2n) is 16.8. The van der Waals surface area contributed by atoms with Crippen LogP contribution in [-0.2, 0) is 18.9 Å². The quantitative estimate of drug-likeness (QED) is 0.171. The third-order valence-electron chi connectivity index (χ3n) is 7.07. The summed E-state index contributed by atoms with van der Waals surface area (Å²) in [6.45, 7) is 21.5.